The van der Waals surface area contributed by atoms with Crippen molar-refractivity contribution in [3.63, 3.8) is 0 Å². The number of carbonyl (C=O) groups excluding carboxylic acids is 1. The van der Waals surface area contributed by atoms with E-state index < -0.39 is 0 Å². The second-order valence-electron chi connectivity index (χ2n) is 5.13. The van der Waals surface area contributed by atoms with Gasteiger partial charge in [-0.25, -0.2) is 0 Å². The topological polar surface area (TPSA) is 44.7 Å². The van der Waals surface area contributed by atoms with Gasteiger partial charge in [0, 0.05) is 18.8 Å². The van der Waals surface area contributed by atoms with E-state index in [1.54, 1.807) is 11.8 Å². The smallest absolute Gasteiger partial charge is 0.244 e. The maximum absolute atomic E-state index is 11.9. The van der Waals surface area contributed by atoms with Gasteiger partial charge in [0.2, 0.25) is 5.91 Å². The number of aliphatic imine (C=N–C) groups is 1. The lowest BCUT2D eigenvalue weighted by Crippen LogP contribution is -2.30. The molecule has 0 saturated carbocycles. The van der Waals surface area contributed by atoms with Crippen LogP contribution in [0, 0.1) is 0 Å². The largest absolute Gasteiger partial charge is 0.357 e. The van der Waals surface area contributed by atoms with Gasteiger partial charge < -0.3 is 10.2 Å². The average molecular weight is 289 g/mol. The van der Waals surface area contributed by atoms with Gasteiger partial charge in [0.05, 0.1) is 6.04 Å². The fraction of sp³-hybridized carbons (Fsp3) is 0.467. The third-order valence-electron chi connectivity index (χ3n) is 3.70. The zero-order valence-electron chi connectivity index (χ0n) is 11.4. The zero-order chi connectivity index (χ0) is 13.8. The third-order valence-corrected chi connectivity index (χ3v) is 4.72. The first-order chi connectivity index (χ1) is 9.83. The van der Waals surface area contributed by atoms with E-state index in [0.29, 0.717) is 6.04 Å². The van der Waals surface area contributed by atoms with E-state index in [4.69, 9.17) is 0 Å². The molecular formula is C15H19N3OS. The Morgan fingerprint density at radius 2 is 2.05 bits per heavy atom. The van der Waals surface area contributed by atoms with Crippen LogP contribution in [0.2, 0.25) is 0 Å². The summed E-state index contributed by atoms with van der Waals surface area (Å²) in [6, 6.07) is 10.7. The van der Waals surface area contributed by atoms with Crippen LogP contribution >= 0.6 is 11.8 Å². The molecule has 0 radical (unpaired) electrons. The van der Waals surface area contributed by atoms with Crippen LogP contribution in [-0.4, -0.2) is 41.4 Å². The molecule has 106 valence electrons. The van der Waals surface area contributed by atoms with Gasteiger partial charge in [-0.3, -0.25) is 9.79 Å². The molecule has 2 aliphatic rings. The van der Waals surface area contributed by atoms with E-state index in [-0.39, 0.29) is 12.5 Å². The predicted octanol–water partition coefficient (Wildman–Crippen LogP) is 2.04. The van der Waals surface area contributed by atoms with Crippen LogP contribution in [0.5, 0.6) is 0 Å². The number of amidine groups is 1. The molecule has 1 amide bonds. The summed E-state index contributed by atoms with van der Waals surface area (Å²) in [6.07, 6.45) is 2.26. The highest BCUT2D eigenvalue weighted by Crippen LogP contribution is 2.25. The molecule has 1 aromatic carbocycles. The van der Waals surface area contributed by atoms with E-state index in [1.807, 2.05) is 23.1 Å². The van der Waals surface area contributed by atoms with Crippen LogP contribution in [-0.2, 0) is 4.79 Å². The molecule has 2 aliphatic heterocycles. The van der Waals surface area contributed by atoms with Crippen molar-refractivity contribution in [3.8, 4) is 0 Å². The van der Waals surface area contributed by atoms with Crippen LogP contribution in [0.3, 0.4) is 0 Å². The lowest BCUT2D eigenvalue weighted by atomic mass is 10.1. The highest BCUT2D eigenvalue weighted by molar-refractivity contribution is 8.14. The lowest BCUT2D eigenvalue weighted by Gasteiger charge is -2.13. The van der Waals surface area contributed by atoms with Crippen molar-refractivity contribution in [3.05, 3.63) is 35.9 Å². The Labute approximate surface area is 123 Å². The summed E-state index contributed by atoms with van der Waals surface area (Å²) in [5.41, 5.74) is 1.27. The minimum Gasteiger partial charge on any atom is -0.357 e. The SMILES string of the molecule is O=C(CN=C1NC(c2ccccc2)CS1)N1CCCC1. The molecule has 1 N–H and O–H groups in total. The highest BCUT2D eigenvalue weighted by Gasteiger charge is 2.22. The fourth-order valence-electron chi connectivity index (χ4n) is 2.56. The summed E-state index contributed by atoms with van der Waals surface area (Å²) < 4.78 is 0. The summed E-state index contributed by atoms with van der Waals surface area (Å²) in [6.45, 7) is 2.07. The summed E-state index contributed by atoms with van der Waals surface area (Å²) >= 11 is 1.70. The molecular weight excluding hydrogens is 270 g/mol. The minimum absolute atomic E-state index is 0.153. The molecule has 1 aromatic rings. The zero-order valence-corrected chi connectivity index (χ0v) is 12.2. The van der Waals surface area contributed by atoms with Crippen molar-refractivity contribution in [2.45, 2.75) is 18.9 Å². The number of likely N-dealkylation sites (tertiary alicyclic amines) is 1. The van der Waals surface area contributed by atoms with Crippen LogP contribution in [0.4, 0.5) is 0 Å². The van der Waals surface area contributed by atoms with Crippen molar-refractivity contribution in [1.29, 1.82) is 0 Å². The third kappa shape index (κ3) is 3.15. The Bertz CT molecular complexity index is 497. The van der Waals surface area contributed by atoms with Gasteiger partial charge in [0.1, 0.15) is 6.54 Å². The van der Waals surface area contributed by atoms with E-state index in [2.05, 4.69) is 22.4 Å². The molecule has 0 spiro atoms. The molecule has 0 bridgehead atoms. The Morgan fingerprint density at radius 3 is 2.80 bits per heavy atom. The molecule has 1 atom stereocenters. The Kier molecular flexibility index (Phi) is 4.25. The quantitative estimate of drug-likeness (QED) is 0.926. The first kappa shape index (κ1) is 13.5. The molecule has 2 saturated heterocycles. The molecule has 20 heavy (non-hydrogen) atoms. The summed E-state index contributed by atoms with van der Waals surface area (Å²) in [5.74, 6) is 1.13. The Balaban J connectivity index is 1.54. The summed E-state index contributed by atoms with van der Waals surface area (Å²) in [7, 11) is 0. The summed E-state index contributed by atoms with van der Waals surface area (Å²) in [5, 5.41) is 4.29. The van der Waals surface area contributed by atoms with Gasteiger partial charge in [-0.15, -0.1) is 0 Å². The van der Waals surface area contributed by atoms with E-state index >= 15 is 0 Å². The molecule has 4 nitrogen and oxygen atoms in total. The maximum atomic E-state index is 11.9. The van der Waals surface area contributed by atoms with Crippen LogP contribution in [0.1, 0.15) is 24.4 Å². The van der Waals surface area contributed by atoms with Gasteiger partial charge in [-0.1, -0.05) is 42.1 Å². The molecule has 2 heterocycles. The molecule has 0 aromatic heterocycles. The Morgan fingerprint density at radius 1 is 1.30 bits per heavy atom. The number of rotatable bonds is 3. The van der Waals surface area contributed by atoms with Crippen molar-refractivity contribution in [2.24, 2.45) is 4.99 Å². The number of thioether (sulfide) groups is 1. The van der Waals surface area contributed by atoms with Crippen LogP contribution in [0.25, 0.3) is 0 Å². The number of benzene rings is 1. The second kappa shape index (κ2) is 6.31. The second-order valence-corrected chi connectivity index (χ2v) is 6.14. The number of carbonyl (C=O) groups is 1. The fourth-order valence-corrected chi connectivity index (χ4v) is 3.54. The van der Waals surface area contributed by atoms with Gasteiger partial charge in [-0.05, 0) is 18.4 Å². The predicted molar refractivity (Wildman–Crippen MR) is 82.9 cm³/mol. The van der Waals surface area contributed by atoms with Gasteiger partial charge in [-0.2, -0.15) is 0 Å². The number of nitrogens with zero attached hydrogens (tertiary/aromatic N) is 2. The molecule has 1 unspecified atom stereocenters. The molecule has 5 heteroatoms. The van der Waals surface area contributed by atoms with E-state index in [0.717, 1.165) is 36.9 Å². The highest BCUT2D eigenvalue weighted by atomic mass is 32.2. The van der Waals surface area contributed by atoms with E-state index in [9.17, 15) is 4.79 Å². The van der Waals surface area contributed by atoms with Crippen molar-refractivity contribution < 1.29 is 4.79 Å². The average Bonchev–Trinajstić information content (AvgIpc) is 3.17. The van der Waals surface area contributed by atoms with Crippen molar-refractivity contribution >= 4 is 22.8 Å². The standard InChI is InChI=1S/C15H19N3OS/c19-14(18-8-4-5-9-18)10-16-15-17-13(11-20-15)12-6-2-1-3-7-12/h1-3,6-7,13H,4-5,8-11H2,(H,16,17). The number of hydrogen-bond donors (Lipinski definition) is 1. The lowest BCUT2D eigenvalue weighted by molar-refractivity contribution is -0.128. The summed E-state index contributed by atoms with van der Waals surface area (Å²) in [4.78, 5) is 18.3. The number of nitrogens with one attached hydrogen (secondary N) is 1. The normalized spacial score (nSPS) is 24.1. The van der Waals surface area contributed by atoms with Crippen molar-refractivity contribution in [1.82, 2.24) is 10.2 Å². The van der Waals surface area contributed by atoms with Gasteiger partial charge in [0.25, 0.3) is 0 Å². The van der Waals surface area contributed by atoms with Crippen LogP contribution in [0.15, 0.2) is 35.3 Å². The van der Waals surface area contributed by atoms with Gasteiger partial charge >= 0.3 is 0 Å². The van der Waals surface area contributed by atoms with E-state index in [1.165, 1.54) is 5.56 Å². The molecule has 3 rings (SSSR count). The number of amides is 1. The minimum atomic E-state index is 0.153. The Hall–Kier alpha value is -1.49. The monoisotopic (exact) mass is 289 g/mol. The molecule has 2 fully saturated rings. The maximum Gasteiger partial charge on any atom is 0.244 e. The first-order valence-electron chi connectivity index (χ1n) is 7.09. The number of hydrogen-bond acceptors (Lipinski definition) is 3. The first-order valence-corrected chi connectivity index (χ1v) is 8.08. The van der Waals surface area contributed by atoms with Crippen LogP contribution < -0.4 is 5.32 Å². The van der Waals surface area contributed by atoms with Gasteiger partial charge in [0.15, 0.2) is 5.17 Å². The van der Waals surface area contributed by atoms with Crippen molar-refractivity contribution in [2.75, 3.05) is 25.4 Å². The molecule has 0 aliphatic carbocycles.